The first-order chi connectivity index (χ1) is 13.6. The molecule has 0 aliphatic heterocycles. The molecule has 9 heteroatoms. The molecule has 1 N–H and O–H groups in total. The number of rotatable bonds is 5. The Labute approximate surface area is 167 Å². The smallest absolute Gasteiger partial charge is 0.373 e. The van der Waals surface area contributed by atoms with Gasteiger partial charge in [-0.15, -0.1) is 0 Å². The first-order valence-electron chi connectivity index (χ1n) is 8.16. The normalized spacial score (nSPS) is 10.6. The topological polar surface area (TPSA) is 103 Å². The van der Waals surface area contributed by atoms with Crippen LogP contribution in [0.2, 0.25) is 0 Å². The molecule has 0 aliphatic carbocycles. The summed E-state index contributed by atoms with van der Waals surface area (Å²) < 4.78 is 6.64. The number of pyridine rings is 1. The average Bonchev–Trinajstić information content (AvgIpc) is 2.71. The fourth-order valence-electron chi connectivity index (χ4n) is 2.65. The molecule has 0 atom stereocenters. The maximum atomic E-state index is 11.7. The standard InChI is InChI=1S/C19H12BrN5O3/c20-14-8-9-15(16-13(14)7-4-10-21-16)28-19-17(25(26)27)18(22-11-23-19)24-12-5-2-1-3-6-12/h1-11H,(H,22,23,24). The van der Waals surface area contributed by atoms with E-state index in [-0.39, 0.29) is 17.4 Å². The lowest BCUT2D eigenvalue weighted by atomic mass is 10.2. The van der Waals surface area contributed by atoms with Crippen LogP contribution in [0.4, 0.5) is 17.2 Å². The molecule has 8 nitrogen and oxygen atoms in total. The number of nitrogens with zero attached hydrogens (tertiary/aromatic N) is 4. The fourth-order valence-corrected chi connectivity index (χ4v) is 3.10. The molecule has 2 aromatic carbocycles. The molecule has 138 valence electrons. The monoisotopic (exact) mass is 437 g/mol. The summed E-state index contributed by atoms with van der Waals surface area (Å²) >= 11 is 3.46. The Morgan fingerprint density at radius 1 is 1.00 bits per heavy atom. The summed E-state index contributed by atoms with van der Waals surface area (Å²) in [5.41, 5.74) is 0.853. The Morgan fingerprint density at radius 3 is 2.61 bits per heavy atom. The van der Waals surface area contributed by atoms with Gasteiger partial charge in [0.05, 0.1) is 4.92 Å². The van der Waals surface area contributed by atoms with E-state index in [4.69, 9.17) is 4.74 Å². The van der Waals surface area contributed by atoms with Gasteiger partial charge in [-0.3, -0.25) is 15.1 Å². The second-order valence-corrected chi connectivity index (χ2v) is 6.53. The Morgan fingerprint density at radius 2 is 1.82 bits per heavy atom. The number of nitrogens with one attached hydrogen (secondary N) is 1. The lowest BCUT2D eigenvalue weighted by Crippen LogP contribution is -2.03. The summed E-state index contributed by atoms with van der Waals surface area (Å²) in [6, 6.07) is 16.2. The number of para-hydroxylation sites is 1. The van der Waals surface area contributed by atoms with Gasteiger partial charge < -0.3 is 10.1 Å². The van der Waals surface area contributed by atoms with Crippen LogP contribution in [0, 0.1) is 10.1 Å². The van der Waals surface area contributed by atoms with Gasteiger partial charge in [0, 0.05) is 21.7 Å². The van der Waals surface area contributed by atoms with Crippen LogP contribution in [0.3, 0.4) is 0 Å². The Kier molecular flexibility index (Phi) is 4.81. The highest BCUT2D eigenvalue weighted by Gasteiger charge is 2.26. The van der Waals surface area contributed by atoms with Crippen molar-refractivity contribution >= 4 is 44.0 Å². The first-order valence-corrected chi connectivity index (χ1v) is 8.95. The van der Waals surface area contributed by atoms with Crippen molar-refractivity contribution in [1.82, 2.24) is 15.0 Å². The highest BCUT2D eigenvalue weighted by atomic mass is 79.9. The molecule has 28 heavy (non-hydrogen) atoms. The second-order valence-electron chi connectivity index (χ2n) is 5.67. The fraction of sp³-hybridized carbons (Fsp3) is 0. The number of ether oxygens (including phenoxy) is 1. The summed E-state index contributed by atoms with van der Waals surface area (Å²) in [6.45, 7) is 0. The van der Waals surface area contributed by atoms with E-state index in [2.05, 4.69) is 36.2 Å². The van der Waals surface area contributed by atoms with Gasteiger partial charge in [-0.1, -0.05) is 40.2 Å². The van der Waals surface area contributed by atoms with Crippen molar-refractivity contribution in [2.45, 2.75) is 0 Å². The first kappa shape index (κ1) is 17.8. The van der Waals surface area contributed by atoms with Gasteiger partial charge in [0.15, 0.2) is 5.75 Å². The van der Waals surface area contributed by atoms with E-state index < -0.39 is 4.92 Å². The SMILES string of the molecule is O=[N+]([O-])c1c(Nc2ccccc2)ncnc1Oc1ccc(Br)c2cccnc12. The van der Waals surface area contributed by atoms with Crippen LogP contribution < -0.4 is 10.1 Å². The number of aromatic nitrogens is 3. The molecule has 0 bridgehead atoms. The summed E-state index contributed by atoms with van der Waals surface area (Å²) in [6.07, 6.45) is 2.83. The van der Waals surface area contributed by atoms with E-state index in [1.165, 1.54) is 6.33 Å². The molecule has 2 heterocycles. The van der Waals surface area contributed by atoms with E-state index in [1.807, 2.05) is 24.3 Å². The molecule has 0 amide bonds. The average molecular weight is 438 g/mol. The van der Waals surface area contributed by atoms with Crippen LogP contribution in [-0.2, 0) is 0 Å². The van der Waals surface area contributed by atoms with E-state index in [1.54, 1.807) is 36.5 Å². The number of anilines is 2. The predicted molar refractivity (Wildman–Crippen MR) is 108 cm³/mol. The van der Waals surface area contributed by atoms with Gasteiger partial charge >= 0.3 is 11.6 Å². The van der Waals surface area contributed by atoms with E-state index >= 15 is 0 Å². The zero-order valence-corrected chi connectivity index (χ0v) is 15.8. The molecule has 4 aromatic rings. The van der Waals surface area contributed by atoms with Crippen LogP contribution in [0.1, 0.15) is 0 Å². The van der Waals surface area contributed by atoms with Crippen LogP contribution >= 0.6 is 15.9 Å². The van der Waals surface area contributed by atoms with Gasteiger partial charge in [-0.2, -0.15) is 4.98 Å². The zero-order chi connectivity index (χ0) is 19.5. The number of hydrogen-bond donors (Lipinski definition) is 1. The maximum absolute atomic E-state index is 11.7. The van der Waals surface area contributed by atoms with E-state index in [0.29, 0.717) is 17.0 Å². The molecule has 0 saturated carbocycles. The second kappa shape index (κ2) is 7.57. The summed E-state index contributed by atoms with van der Waals surface area (Å²) in [7, 11) is 0. The number of fused-ring (bicyclic) bond motifs is 1. The van der Waals surface area contributed by atoms with Crippen molar-refractivity contribution in [2.75, 3.05) is 5.32 Å². The molecule has 4 rings (SSSR count). The van der Waals surface area contributed by atoms with Crippen molar-refractivity contribution in [1.29, 1.82) is 0 Å². The largest absolute Gasteiger partial charge is 0.431 e. The molecule has 0 fully saturated rings. The van der Waals surface area contributed by atoms with Crippen molar-refractivity contribution in [2.24, 2.45) is 0 Å². The van der Waals surface area contributed by atoms with Crippen LogP contribution in [0.25, 0.3) is 10.9 Å². The van der Waals surface area contributed by atoms with Crippen molar-refractivity contribution in [3.8, 4) is 11.6 Å². The lowest BCUT2D eigenvalue weighted by Gasteiger charge is -2.11. The third kappa shape index (κ3) is 3.47. The van der Waals surface area contributed by atoms with E-state index in [9.17, 15) is 10.1 Å². The third-order valence-corrected chi connectivity index (χ3v) is 4.59. The quantitative estimate of drug-likeness (QED) is 0.336. The lowest BCUT2D eigenvalue weighted by molar-refractivity contribution is -0.385. The van der Waals surface area contributed by atoms with Crippen LogP contribution in [0.5, 0.6) is 11.6 Å². The minimum absolute atomic E-state index is 0.0376. The molecule has 0 aliphatic rings. The molecular formula is C19H12BrN5O3. The van der Waals surface area contributed by atoms with E-state index in [0.717, 1.165) is 9.86 Å². The number of hydrogen-bond acceptors (Lipinski definition) is 7. The third-order valence-electron chi connectivity index (χ3n) is 3.89. The van der Waals surface area contributed by atoms with Crippen molar-refractivity contribution in [3.05, 3.63) is 81.7 Å². The van der Waals surface area contributed by atoms with Gasteiger partial charge in [0.2, 0.25) is 5.82 Å². The molecule has 0 unspecified atom stereocenters. The maximum Gasteiger partial charge on any atom is 0.373 e. The van der Waals surface area contributed by atoms with Gasteiger partial charge in [0.1, 0.15) is 11.8 Å². The summed E-state index contributed by atoms with van der Waals surface area (Å²) in [5.74, 6) is 0.217. The van der Waals surface area contributed by atoms with Crippen molar-refractivity contribution in [3.63, 3.8) is 0 Å². The highest BCUT2D eigenvalue weighted by Crippen LogP contribution is 2.38. The van der Waals surface area contributed by atoms with Crippen molar-refractivity contribution < 1.29 is 9.66 Å². The predicted octanol–water partition coefficient (Wildman–Crippen LogP) is 5.23. The van der Waals surface area contributed by atoms with Crippen LogP contribution in [0.15, 0.2) is 71.6 Å². The Balaban J connectivity index is 1.78. The van der Waals surface area contributed by atoms with Gasteiger partial charge in [-0.25, -0.2) is 4.98 Å². The summed E-state index contributed by atoms with van der Waals surface area (Å²) in [5, 5.41) is 15.5. The number of nitro groups is 1. The van der Waals surface area contributed by atoms with Gasteiger partial charge in [0.25, 0.3) is 0 Å². The molecular weight excluding hydrogens is 426 g/mol. The molecule has 0 saturated heterocycles. The zero-order valence-electron chi connectivity index (χ0n) is 14.2. The summed E-state index contributed by atoms with van der Waals surface area (Å²) in [4.78, 5) is 23.4. The molecule has 0 spiro atoms. The highest BCUT2D eigenvalue weighted by molar-refractivity contribution is 9.10. The number of halogens is 1. The minimum atomic E-state index is -0.574. The van der Waals surface area contributed by atoms with Crippen LogP contribution in [-0.4, -0.2) is 19.9 Å². The minimum Gasteiger partial charge on any atom is -0.431 e. The Bertz CT molecular complexity index is 1170. The molecule has 2 aromatic heterocycles. The van der Waals surface area contributed by atoms with Gasteiger partial charge in [-0.05, 0) is 30.3 Å². The Hall–Kier alpha value is -3.59. The molecule has 0 radical (unpaired) electrons. The number of benzene rings is 2.